The zero-order chi connectivity index (χ0) is 25.8. The largest absolute Gasteiger partial charge is 0.484 e. The fourth-order valence-electron chi connectivity index (χ4n) is 3.56. The number of nitrogens with zero attached hydrogens (tertiary/aromatic N) is 1. The fraction of sp³-hybridized carbons (Fsp3) is 0.111. The van der Waals surface area contributed by atoms with Crippen LogP contribution in [0.2, 0.25) is 0 Å². The van der Waals surface area contributed by atoms with Gasteiger partial charge in [0, 0.05) is 5.69 Å². The minimum Gasteiger partial charge on any atom is -0.484 e. The Balaban J connectivity index is 1.48. The average molecular weight is 487 g/mol. The third-order valence-electron chi connectivity index (χ3n) is 5.60. The molecule has 182 valence electrons. The quantitative estimate of drug-likeness (QED) is 0.402. The van der Waals surface area contributed by atoms with Gasteiger partial charge < -0.3 is 10.1 Å². The van der Waals surface area contributed by atoms with Crippen LogP contribution < -0.4 is 20.3 Å². The summed E-state index contributed by atoms with van der Waals surface area (Å²) in [5, 5.41) is 4.92. The minimum atomic E-state index is -0.930. The van der Waals surface area contributed by atoms with E-state index >= 15 is 0 Å². The number of barbiturate groups is 1. The van der Waals surface area contributed by atoms with Crippen molar-refractivity contribution in [2.75, 3.05) is 16.8 Å². The van der Waals surface area contributed by atoms with Crippen LogP contribution in [0.5, 0.6) is 5.75 Å². The molecule has 36 heavy (non-hydrogen) atoms. The Kier molecular flexibility index (Phi) is 6.91. The van der Waals surface area contributed by atoms with Crippen LogP contribution >= 0.6 is 0 Å². The van der Waals surface area contributed by atoms with E-state index in [0.717, 1.165) is 28.2 Å². The summed E-state index contributed by atoms with van der Waals surface area (Å²) in [6.45, 7) is 3.61. The van der Waals surface area contributed by atoms with Crippen molar-refractivity contribution in [3.63, 3.8) is 0 Å². The van der Waals surface area contributed by atoms with Crippen LogP contribution in [-0.2, 0) is 14.4 Å². The summed E-state index contributed by atoms with van der Waals surface area (Å²) in [7, 11) is 0. The topological polar surface area (TPSA) is 105 Å². The summed E-state index contributed by atoms with van der Waals surface area (Å²) in [6.07, 6.45) is 1.31. The number of hydrogen-bond acceptors (Lipinski definition) is 5. The van der Waals surface area contributed by atoms with Gasteiger partial charge in [-0.25, -0.2) is 14.1 Å². The highest BCUT2D eigenvalue weighted by molar-refractivity contribution is 6.39. The predicted octanol–water partition coefficient (Wildman–Crippen LogP) is 4.13. The number of carbonyl (C=O) groups excluding carboxylic acids is 4. The first-order valence-corrected chi connectivity index (χ1v) is 11.0. The normalized spacial score (nSPS) is 14.6. The molecular weight excluding hydrogens is 465 g/mol. The second kappa shape index (κ2) is 10.2. The molecule has 3 aromatic carbocycles. The summed E-state index contributed by atoms with van der Waals surface area (Å²) in [5.41, 5.74) is 2.98. The maximum atomic E-state index is 13.3. The van der Waals surface area contributed by atoms with Gasteiger partial charge in [-0.05, 0) is 79.1 Å². The lowest BCUT2D eigenvalue weighted by Crippen LogP contribution is -2.54. The van der Waals surface area contributed by atoms with Crippen LogP contribution in [0.25, 0.3) is 6.08 Å². The number of nitrogens with one attached hydrogen (secondary N) is 2. The van der Waals surface area contributed by atoms with E-state index in [1.54, 1.807) is 30.3 Å². The van der Waals surface area contributed by atoms with E-state index in [9.17, 15) is 23.6 Å². The Hall–Kier alpha value is -4.79. The molecule has 9 heteroatoms. The number of imide groups is 2. The lowest BCUT2D eigenvalue weighted by atomic mass is 10.1. The summed E-state index contributed by atoms with van der Waals surface area (Å²) < 4.78 is 18.8. The van der Waals surface area contributed by atoms with E-state index in [1.165, 1.54) is 18.2 Å². The Morgan fingerprint density at radius 2 is 1.75 bits per heavy atom. The van der Waals surface area contributed by atoms with Crippen molar-refractivity contribution in [1.82, 2.24) is 5.32 Å². The molecule has 0 radical (unpaired) electrons. The molecule has 0 unspecified atom stereocenters. The van der Waals surface area contributed by atoms with E-state index < -0.39 is 23.7 Å². The molecule has 1 saturated heterocycles. The molecule has 1 aliphatic heterocycles. The molecule has 2 N–H and O–H groups in total. The van der Waals surface area contributed by atoms with Gasteiger partial charge in [0.05, 0.1) is 5.69 Å². The molecule has 5 amide bonds. The highest BCUT2D eigenvalue weighted by Crippen LogP contribution is 2.23. The van der Waals surface area contributed by atoms with Gasteiger partial charge in [-0.1, -0.05) is 24.3 Å². The highest BCUT2D eigenvalue weighted by atomic mass is 19.1. The molecular formula is C27H22FN3O5. The van der Waals surface area contributed by atoms with Gasteiger partial charge in [0.25, 0.3) is 17.7 Å². The fourth-order valence-corrected chi connectivity index (χ4v) is 3.56. The Labute approximate surface area is 206 Å². The maximum Gasteiger partial charge on any atom is 0.335 e. The summed E-state index contributed by atoms with van der Waals surface area (Å²) in [6, 6.07) is 15.9. The lowest BCUT2D eigenvalue weighted by molar-refractivity contribution is -0.122. The van der Waals surface area contributed by atoms with Crippen LogP contribution in [0.15, 0.2) is 72.3 Å². The van der Waals surface area contributed by atoms with Crippen molar-refractivity contribution in [2.45, 2.75) is 13.8 Å². The SMILES string of the molecule is Cc1cccc(NC(=O)COc2cccc(/C=C3\C(=O)NC(=O)N(c4ccc(F)cc4)C3=O)c2)c1C. The van der Waals surface area contributed by atoms with Crippen LogP contribution in [0.1, 0.15) is 16.7 Å². The number of urea groups is 1. The number of halogens is 1. The Morgan fingerprint density at radius 3 is 2.50 bits per heavy atom. The molecule has 1 fully saturated rings. The number of aryl methyl sites for hydroxylation is 1. The van der Waals surface area contributed by atoms with Crippen molar-refractivity contribution >= 4 is 41.2 Å². The van der Waals surface area contributed by atoms with Crippen LogP contribution in [-0.4, -0.2) is 30.4 Å². The van der Waals surface area contributed by atoms with Crippen LogP contribution in [0.3, 0.4) is 0 Å². The monoisotopic (exact) mass is 487 g/mol. The van der Waals surface area contributed by atoms with Crippen molar-refractivity contribution in [3.05, 3.63) is 94.8 Å². The van der Waals surface area contributed by atoms with Gasteiger partial charge in [0.1, 0.15) is 17.1 Å². The standard InChI is InChI=1S/C27H22FN3O5/c1-16-5-3-8-23(17(16)2)29-24(32)15-36-21-7-4-6-18(13-21)14-22-25(33)30-27(35)31(26(22)34)20-11-9-19(28)10-12-20/h3-14H,15H2,1-2H3,(H,29,32)(H,30,33,35)/b22-14+. The van der Waals surface area contributed by atoms with Gasteiger partial charge in [-0.3, -0.25) is 19.7 Å². The third-order valence-corrected chi connectivity index (χ3v) is 5.60. The Bertz CT molecular complexity index is 1400. The maximum absolute atomic E-state index is 13.3. The zero-order valence-electron chi connectivity index (χ0n) is 19.5. The molecule has 4 rings (SSSR count). The van der Waals surface area contributed by atoms with E-state index in [-0.39, 0.29) is 23.8 Å². The van der Waals surface area contributed by atoms with Crippen molar-refractivity contribution < 1.29 is 28.3 Å². The van der Waals surface area contributed by atoms with Gasteiger partial charge in [0.2, 0.25) is 0 Å². The third kappa shape index (κ3) is 5.30. The second-order valence-electron chi connectivity index (χ2n) is 8.09. The van der Waals surface area contributed by atoms with E-state index in [4.69, 9.17) is 4.74 Å². The first-order chi connectivity index (χ1) is 17.2. The molecule has 1 aliphatic rings. The number of ether oxygens (including phenoxy) is 1. The Morgan fingerprint density at radius 1 is 1.03 bits per heavy atom. The molecule has 0 saturated carbocycles. The number of hydrogen-bond donors (Lipinski definition) is 2. The average Bonchev–Trinajstić information content (AvgIpc) is 2.85. The summed E-state index contributed by atoms with van der Waals surface area (Å²) in [4.78, 5) is 50.7. The first kappa shape index (κ1) is 24.3. The summed E-state index contributed by atoms with van der Waals surface area (Å²) in [5.74, 6) is -2.24. The number of rotatable bonds is 6. The number of anilines is 2. The number of carbonyl (C=O) groups is 4. The van der Waals surface area contributed by atoms with Crippen LogP contribution in [0, 0.1) is 19.7 Å². The predicted molar refractivity (Wildman–Crippen MR) is 132 cm³/mol. The molecule has 0 bridgehead atoms. The molecule has 0 aliphatic carbocycles. The van der Waals surface area contributed by atoms with Gasteiger partial charge in [-0.2, -0.15) is 0 Å². The summed E-state index contributed by atoms with van der Waals surface area (Å²) >= 11 is 0. The zero-order valence-corrected chi connectivity index (χ0v) is 19.5. The molecule has 1 heterocycles. The highest BCUT2D eigenvalue weighted by Gasteiger charge is 2.36. The smallest absolute Gasteiger partial charge is 0.335 e. The second-order valence-corrected chi connectivity index (χ2v) is 8.09. The molecule has 0 atom stereocenters. The van der Waals surface area contributed by atoms with E-state index in [0.29, 0.717) is 17.0 Å². The molecule has 8 nitrogen and oxygen atoms in total. The number of amides is 5. The number of benzene rings is 3. The van der Waals surface area contributed by atoms with Gasteiger partial charge >= 0.3 is 6.03 Å². The van der Waals surface area contributed by atoms with Crippen molar-refractivity contribution in [3.8, 4) is 5.75 Å². The molecule has 0 aromatic heterocycles. The molecule has 3 aromatic rings. The van der Waals surface area contributed by atoms with Crippen molar-refractivity contribution in [1.29, 1.82) is 0 Å². The van der Waals surface area contributed by atoms with Gasteiger partial charge in [0.15, 0.2) is 6.61 Å². The van der Waals surface area contributed by atoms with E-state index in [1.807, 2.05) is 26.0 Å². The minimum absolute atomic E-state index is 0.115. The van der Waals surface area contributed by atoms with Gasteiger partial charge in [-0.15, -0.1) is 0 Å². The molecule has 0 spiro atoms. The van der Waals surface area contributed by atoms with E-state index in [2.05, 4.69) is 10.6 Å². The first-order valence-electron chi connectivity index (χ1n) is 11.0. The lowest BCUT2D eigenvalue weighted by Gasteiger charge is -2.26. The van der Waals surface area contributed by atoms with Crippen LogP contribution in [0.4, 0.5) is 20.6 Å². The van der Waals surface area contributed by atoms with Crippen molar-refractivity contribution in [2.24, 2.45) is 0 Å².